The van der Waals surface area contributed by atoms with Crippen molar-refractivity contribution in [3.8, 4) is 5.75 Å². The van der Waals surface area contributed by atoms with Gasteiger partial charge in [0.05, 0.1) is 5.92 Å². The summed E-state index contributed by atoms with van der Waals surface area (Å²) >= 11 is 0. The summed E-state index contributed by atoms with van der Waals surface area (Å²) in [5.74, 6) is -2.28. The summed E-state index contributed by atoms with van der Waals surface area (Å²) in [7, 11) is 0. The number of nitrogens with zero attached hydrogens (tertiary/aromatic N) is 1. The Morgan fingerprint density at radius 3 is 2.40 bits per heavy atom. The number of carboxylic acids is 1. The first-order chi connectivity index (χ1) is 20.0. The lowest BCUT2D eigenvalue weighted by molar-refractivity contribution is -0.149. The fourth-order valence-electron chi connectivity index (χ4n) is 5.08. The summed E-state index contributed by atoms with van der Waals surface area (Å²) in [4.78, 5) is 64.6. The van der Waals surface area contributed by atoms with Gasteiger partial charge in [-0.3, -0.25) is 19.2 Å². The molecule has 2 aliphatic rings. The molecule has 1 aromatic rings. The SMILES string of the molecule is CC(C)CNC(=O)COc1ccc(C(=O)N[C@@](C)(NC(=O)C2CCCN(C(=O)CCC3CCNCC3)C2)C(=O)O)cc1. The fraction of sp³-hybridized carbons (Fsp3) is 0.633. The molecule has 232 valence electrons. The minimum Gasteiger partial charge on any atom is -0.484 e. The van der Waals surface area contributed by atoms with Crippen molar-refractivity contribution in [3.63, 3.8) is 0 Å². The van der Waals surface area contributed by atoms with E-state index in [-0.39, 0.29) is 30.5 Å². The number of nitrogens with one attached hydrogen (secondary N) is 4. The molecule has 42 heavy (non-hydrogen) atoms. The Labute approximate surface area is 247 Å². The van der Waals surface area contributed by atoms with E-state index in [4.69, 9.17) is 4.74 Å². The van der Waals surface area contributed by atoms with Crippen LogP contribution in [0.2, 0.25) is 0 Å². The van der Waals surface area contributed by atoms with E-state index in [1.54, 1.807) is 4.90 Å². The first kappa shape index (κ1) is 32.8. The normalized spacial score (nSPS) is 19.0. The molecule has 2 atom stereocenters. The molecule has 0 bridgehead atoms. The number of carbonyl (C=O) groups excluding carboxylic acids is 4. The van der Waals surface area contributed by atoms with Crippen LogP contribution in [-0.2, 0) is 19.2 Å². The second-order valence-electron chi connectivity index (χ2n) is 11.8. The second kappa shape index (κ2) is 15.5. The molecule has 0 spiro atoms. The van der Waals surface area contributed by atoms with Gasteiger partial charge in [-0.05, 0) is 88.2 Å². The zero-order valence-corrected chi connectivity index (χ0v) is 24.9. The Morgan fingerprint density at radius 1 is 1.07 bits per heavy atom. The number of amides is 4. The maximum absolute atomic E-state index is 13.1. The number of carbonyl (C=O) groups is 5. The zero-order valence-electron chi connectivity index (χ0n) is 24.9. The van der Waals surface area contributed by atoms with Gasteiger partial charge in [0.15, 0.2) is 6.61 Å². The number of ether oxygens (including phenoxy) is 1. The number of aliphatic carboxylic acids is 1. The van der Waals surface area contributed by atoms with Crippen LogP contribution in [0.15, 0.2) is 24.3 Å². The van der Waals surface area contributed by atoms with Gasteiger partial charge in [-0.2, -0.15) is 0 Å². The number of carboxylic acid groups (broad SMARTS) is 1. The van der Waals surface area contributed by atoms with E-state index in [1.807, 2.05) is 13.8 Å². The maximum atomic E-state index is 13.1. The van der Waals surface area contributed by atoms with Crippen molar-refractivity contribution in [2.24, 2.45) is 17.8 Å². The van der Waals surface area contributed by atoms with Gasteiger partial charge in [-0.1, -0.05) is 13.8 Å². The summed E-state index contributed by atoms with van der Waals surface area (Å²) in [6.45, 7) is 8.28. The Kier molecular flexibility index (Phi) is 12.1. The van der Waals surface area contributed by atoms with Gasteiger partial charge in [0.1, 0.15) is 5.75 Å². The highest BCUT2D eigenvalue weighted by atomic mass is 16.5. The Morgan fingerprint density at radius 2 is 1.76 bits per heavy atom. The van der Waals surface area contributed by atoms with Crippen LogP contribution in [0.25, 0.3) is 0 Å². The third-order valence-electron chi connectivity index (χ3n) is 7.73. The summed E-state index contributed by atoms with van der Waals surface area (Å²) in [5, 5.41) is 20.9. The topological polar surface area (TPSA) is 166 Å². The lowest BCUT2D eigenvalue weighted by atomic mass is 9.92. The number of rotatable bonds is 13. The second-order valence-corrected chi connectivity index (χ2v) is 11.8. The van der Waals surface area contributed by atoms with Gasteiger partial charge in [-0.25, -0.2) is 4.79 Å². The Hall–Kier alpha value is -3.67. The number of benzene rings is 1. The molecule has 1 aromatic carbocycles. The van der Waals surface area contributed by atoms with Crippen LogP contribution in [0.3, 0.4) is 0 Å². The predicted octanol–water partition coefficient (Wildman–Crippen LogP) is 1.50. The lowest BCUT2D eigenvalue weighted by Gasteiger charge is -2.35. The molecule has 12 nitrogen and oxygen atoms in total. The monoisotopic (exact) mass is 587 g/mol. The molecule has 0 aromatic heterocycles. The van der Waals surface area contributed by atoms with Gasteiger partial charge < -0.3 is 36.0 Å². The van der Waals surface area contributed by atoms with E-state index < -0.39 is 29.4 Å². The summed E-state index contributed by atoms with van der Waals surface area (Å²) < 4.78 is 5.44. The van der Waals surface area contributed by atoms with Crippen LogP contribution in [0.4, 0.5) is 0 Å². The molecule has 2 heterocycles. The van der Waals surface area contributed by atoms with E-state index >= 15 is 0 Å². The van der Waals surface area contributed by atoms with Gasteiger partial charge in [0.2, 0.25) is 17.5 Å². The highest BCUT2D eigenvalue weighted by Gasteiger charge is 2.39. The van der Waals surface area contributed by atoms with Crippen LogP contribution in [0.5, 0.6) is 5.75 Å². The van der Waals surface area contributed by atoms with Gasteiger partial charge in [-0.15, -0.1) is 0 Å². The number of piperidine rings is 2. The largest absolute Gasteiger partial charge is 0.484 e. The molecule has 5 N–H and O–H groups in total. The van der Waals surface area contributed by atoms with E-state index in [9.17, 15) is 29.1 Å². The molecule has 1 unspecified atom stereocenters. The highest BCUT2D eigenvalue weighted by molar-refractivity contribution is 5.99. The first-order valence-corrected chi connectivity index (χ1v) is 14.8. The van der Waals surface area contributed by atoms with Crippen molar-refractivity contribution in [3.05, 3.63) is 29.8 Å². The van der Waals surface area contributed by atoms with E-state index in [2.05, 4.69) is 21.3 Å². The minimum atomic E-state index is -2.07. The number of hydrogen-bond acceptors (Lipinski definition) is 7. The molecular weight excluding hydrogens is 542 g/mol. The lowest BCUT2D eigenvalue weighted by Crippen LogP contribution is -2.65. The molecule has 0 saturated carbocycles. The third-order valence-corrected chi connectivity index (χ3v) is 7.73. The van der Waals surface area contributed by atoms with Gasteiger partial charge in [0, 0.05) is 31.6 Å². The average Bonchev–Trinajstić information content (AvgIpc) is 2.98. The number of likely N-dealkylation sites (tertiary alicyclic amines) is 1. The van der Waals surface area contributed by atoms with Crippen molar-refractivity contribution in [2.45, 2.75) is 65.0 Å². The van der Waals surface area contributed by atoms with Crippen LogP contribution < -0.4 is 26.0 Å². The van der Waals surface area contributed by atoms with Crippen molar-refractivity contribution in [1.82, 2.24) is 26.2 Å². The highest BCUT2D eigenvalue weighted by Crippen LogP contribution is 2.22. The van der Waals surface area contributed by atoms with Crippen LogP contribution in [0, 0.1) is 17.8 Å². The quantitative estimate of drug-likeness (QED) is 0.217. The van der Waals surface area contributed by atoms with E-state index in [1.165, 1.54) is 31.2 Å². The molecule has 12 heteroatoms. The summed E-state index contributed by atoms with van der Waals surface area (Å²) in [6.07, 6.45) is 4.56. The van der Waals surface area contributed by atoms with Crippen LogP contribution in [0.1, 0.15) is 69.7 Å². The predicted molar refractivity (Wildman–Crippen MR) is 156 cm³/mol. The Bertz CT molecular complexity index is 1100. The zero-order chi connectivity index (χ0) is 30.7. The standard InChI is InChI=1S/C30H45N5O7/c1-20(2)17-32-25(36)19-42-24-9-7-22(8-10-24)27(38)33-30(3,29(40)41)34-28(39)23-5-4-16-35(18-23)26(37)11-6-21-12-14-31-15-13-21/h7-10,20-21,23,31H,4-6,11-19H2,1-3H3,(H,32,36)(H,33,38)(H,34,39)(H,40,41)/t23?,30-/m0/s1. The molecule has 2 aliphatic heterocycles. The smallest absolute Gasteiger partial charge is 0.350 e. The molecule has 2 saturated heterocycles. The molecule has 2 fully saturated rings. The molecular formula is C30H45N5O7. The van der Waals surface area contributed by atoms with Crippen LogP contribution in [-0.4, -0.2) is 84.6 Å². The summed E-state index contributed by atoms with van der Waals surface area (Å²) in [6, 6.07) is 5.88. The van der Waals surface area contributed by atoms with Crippen LogP contribution >= 0.6 is 0 Å². The molecule has 0 aliphatic carbocycles. The fourth-order valence-corrected chi connectivity index (χ4v) is 5.08. The first-order valence-electron chi connectivity index (χ1n) is 14.8. The van der Waals surface area contributed by atoms with Crippen molar-refractivity contribution >= 4 is 29.6 Å². The minimum absolute atomic E-state index is 0.0175. The summed E-state index contributed by atoms with van der Waals surface area (Å²) in [5.41, 5.74) is -1.92. The van der Waals surface area contributed by atoms with Gasteiger partial charge >= 0.3 is 5.97 Å². The van der Waals surface area contributed by atoms with Crippen molar-refractivity contribution in [2.75, 3.05) is 39.3 Å². The Balaban J connectivity index is 1.52. The molecule has 4 amide bonds. The van der Waals surface area contributed by atoms with E-state index in [0.717, 1.165) is 32.4 Å². The third kappa shape index (κ3) is 10.0. The van der Waals surface area contributed by atoms with E-state index in [0.29, 0.717) is 49.9 Å². The van der Waals surface area contributed by atoms with Crippen molar-refractivity contribution in [1.29, 1.82) is 0 Å². The molecule has 0 radical (unpaired) electrons. The van der Waals surface area contributed by atoms with Gasteiger partial charge in [0.25, 0.3) is 11.8 Å². The van der Waals surface area contributed by atoms with Crippen molar-refractivity contribution < 1.29 is 33.8 Å². The average molecular weight is 588 g/mol. The molecule has 3 rings (SSSR count). The maximum Gasteiger partial charge on any atom is 0.350 e. The number of hydrogen-bond donors (Lipinski definition) is 5.